The molecule has 0 radical (unpaired) electrons. The first-order valence-corrected chi connectivity index (χ1v) is 6.62. The van der Waals surface area contributed by atoms with Gasteiger partial charge in [-0.25, -0.2) is 8.78 Å². The van der Waals surface area contributed by atoms with Gasteiger partial charge in [-0.1, -0.05) is 13.3 Å². The maximum Gasteiger partial charge on any atom is 0.128 e. The Balaban J connectivity index is 2.24. The molecule has 0 aliphatic carbocycles. The van der Waals surface area contributed by atoms with E-state index >= 15 is 0 Å². The highest BCUT2D eigenvalue weighted by Crippen LogP contribution is 2.28. The summed E-state index contributed by atoms with van der Waals surface area (Å²) >= 11 is 0. The number of hydrogen-bond donors (Lipinski definition) is 1. The molecule has 0 bridgehead atoms. The van der Waals surface area contributed by atoms with Crippen molar-refractivity contribution in [3.8, 4) is 0 Å². The fraction of sp³-hybridized carbons (Fsp3) is 0.571. The third-order valence-corrected chi connectivity index (χ3v) is 3.47. The van der Waals surface area contributed by atoms with Crippen LogP contribution in [-0.2, 0) is 0 Å². The topological polar surface area (TPSA) is 15.3 Å². The Morgan fingerprint density at radius 3 is 2.67 bits per heavy atom. The molecule has 1 atom stereocenters. The van der Waals surface area contributed by atoms with Crippen LogP contribution in [0.4, 0.5) is 8.78 Å². The van der Waals surface area contributed by atoms with Crippen molar-refractivity contribution in [2.75, 3.05) is 26.2 Å². The van der Waals surface area contributed by atoms with E-state index in [4.69, 9.17) is 0 Å². The molecule has 0 spiro atoms. The second-order valence-electron chi connectivity index (χ2n) is 4.76. The summed E-state index contributed by atoms with van der Waals surface area (Å²) in [6, 6.07) is 3.75. The van der Waals surface area contributed by atoms with Gasteiger partial charge in [-0.15, -0.1) is 0 Å². The van der Waals surface area contributed by atoms with Crippen molar-refractivity contribution in [3.63, 3.8) is 0 Å². The lowest BCUT2D eigenvalue weighted by molar-refractivity contribution is 0.161. The summed E-state index contributed by atoms with van der Waals surface area (Å²) < 4.78 is 27.2. The van der Waals surface area contributed by atoms with Crippen LogP contribution in [0.15, 0.2) is 18.2 Å². The molecule has 1 N–H and O–H groups in total. The predicted molar refractivity (Wildman–Crippen MR) is 68.4 cm³/mol. The first-order chi connectivity index (χ1) is 8.72. The normalized spacial score (nSPS) is 18.8. The number of piperazine rings is 1. The van der Waals surface area contributed by atoms with Crippen LogP contribution in [0.5, 0.6) is 0 Å². The minimum Gasteiger partial charge on any atom is -0.314 e. The molecule has 0 amide bonds. The van der Waals surface area contributed by atoms with Crippen LogP contribution in [0.3, 0.4) is 0 Å². The molecule has 0 saturated carbocycles. The fourth-order valence-electron chi connectivity index (χ4n) is 2.57. The zero-order chi connectivity index (χ0) is 13.0. The molecular weight excluding hydrogens is 234 g/mol. The van der Waals surface area contributed by atoms with Crippen LogP contribution in [0.2, 0.25) is 0 Å². The van der Waals surface area contributed by atoms with Crippen molar-refractivity contribution in [1.29, 1.82) is 0 Å². The number of rotatable bonds is 4. The van der Waals surface area contributed by atoms with Crippen LogP contribution in [-0.4, -0.2) is 31.1 Å². The lowest BCUT2D eigenvalue weighted by Crippen LogP contribution is -2.45. The molecule has 1 aliphatic rings. The summed E-state index contributed by atoms with van der Waals surface area (Å²) in [7, 11) is 0. The standard InChI is InChI=1S/C14H20F2N2/c1-2-3-14(18-8-6-17-7-9-18)12-10-11(15)4-5-13(12)16/h4-5,10,14,17H,2-3,6-9H2,1H3/t14-/m1/s1. The van der Waals surface area contributed by atoms with Gasteiger partial charge in [0.2, 0.25) is 0 Å². The average Bonchev–Trinajstić information content (AvgIpc) is 2.40. The molecule has 1 heterocycles. The second-order valence-corrected chi connectivity index (χ2v) is 4.76. The first-order valence-electron chi connectivity index (χ1n) is 6.62. The molecule has 0 aromatic heterocycles. The SMILES string of the molecule is CCC[C@H](c1cc(F)ccc1F)N1CCNCC1. The summed E-state index contributed by atoms with van der Waals surface area (Å²) in [4.78, 5) is 2.25. The monoisotopic (exact) mass is 254 g/mol. The molecule has 2 rings (SSSR count). The van der Waals surface area contributed by atoms with Crippen LogP contribution in [0, 0.1) is 11.6 Å². The molecule has 1 fully saturated rings. The van der Waals surface area contributed by atoms with Gasteiger partial charge in [0.1, 0.15) is 11.6 Å². The van der Waals surface area contributed by atoms with Gasteiger partial charge in [-0.05, 0) is 24.6 Å². The van der Waals surface area contributed by atoms with Gasteiger partial charge in [0.15, 0.2) is 0 Å². The Kier molecular flexibility index (Phi) is 4.66. The largest absolute Gasteiger partial charge is 0.314 e. The van der Waals surface area contributed by atoms with Gasteiger partial charge in [0.25, 0.3) is 0 Å². The molecule has 4 heteroatoms. The molecule has 1 saturated heterocycles. The molecular formula is C14H20F2N2. The third-order valence-electron chi connectivity index (χ3n) is 3.47. The van der Waals surface area contributed by atoms with Gasteiger partial charge in [0, 0.05) is 37.8 Å². The summed E-state index contributed by atoms with van der Waals surface area (Å²) in [6.45, 7) is 5.68. The molecule has 1 aromatic carbocycles. The predicted octanol–water partition coefficient (Wildman–Crippen LogP) is 2.71. The maximum absolute atomic E-state index is 13.9. The second kappa shape index (κ2) is 6.25. The van der Waals surface area contributed by atoms with Crippen LogP contribution in [0.1, 0.15) is 31.4 Å². The molecule has 2 nitrogen and oxygen atoms in total. The van der Waals surface area contributed by atoms with E-state index in [9.17, 15) is 8.78 Å². The Morgan fingerprint density at radius 2 is 2.00 bits per heavy atom. The third kappa shape index (κ3) is 3.06. The van der Waals surface area contributed by atoms with Crippen LogP contribution >= 0.6 is 0 Å². The van der Waals surface area contributed by atoms with Gasteiger partial charge in [-0.3, -0.25) is 4.90 Å². The summed E-state index contributed by atoms with van der Waals surface area (Å²) in [5.41, 5.74) is 0.499. The van der Waals surface area contributed by atoms with Gasteiger partial charge in [-0.2, -0.15) is 0 Å². The van der Waals surface area contributed by atoms with E-state index < -0.39 is 0 Å². The van der Waals surface area contributed by atoms with Gasteiger partial charge >= 0.3 is 0 Å². The maximum atomic E-state index is 13.9. The number of nitrogens with zero attached hydrogens (tertiary/aromatic N) is 1. The van der Waals surface area contributed by atoms with E-state index in [1.807, 2.05) is 0 Å². The Bertz CT molecular complexity index is 389. The summed E-state index contributed by atoms with van der Waals surface area (Å²) in [6.07, 6.45) is 1.82. The van der Waals surface area contributed by atoms with E-state index in [0.717, 1.165) is 39.0 Å². The summed E-state index contributed by atoms with van der Waals surface area (Å²) in [5.74, 6) is -0.656. The van der Waals surface area contributed by atoms with Crippen molar-refractivity contribution in [2.45, 2.75) is 25.8 Å². The average molecular weight is 254 g/mol. The highest BCUT2D eigenvalue weighted by atomic mass is 19.1. The molecule has 18 heavy (non-hydrogen) atoms. The van der Waals surface area contributed by atoms with E-state index in [2.05, 4.69) is 17.1 Å². The number of nitrogens with one attached hydrogen (secondary N) is 1. The van der Waals surface area contributed by atoms with E-state index in [0.29, 0.717) is 5.56 Å². The zero-order valence-corrected chi connectivity index (χ0v) is 10.8. The smallest absolute Gasteiger partial charge is 0.128 e. The van der Waals surface area contributed by atoms with Crippen LogP contribution < -0.4 is 5.32 Å². The Morgan fingerprint density at radius 1 is 1.28 bits per heavy atom. The number of benzene rings is 1. The summed E-state index contributed by atoms with van der Waals surface area (Å²) in [5, 5.41) is 3.28. The minimum atomic E-state index is -0.359. The lowest BCUT2D eigenvalue weighted by Gasteiger charge is -2.35. The zero-order valence-electron chi connectivity index (χ0n) is 10.8. The molecule has 1 aromatic rings. The molecule has 100 valence electrons. The van der Waals surface area contributed by atoms with Crippen molar-refractivity contribution < 1.29 is 8.78 Å². The number of halogens is 2. The van der Waals surface area contributed by atoms with Crippen molar-refractivity contribution >= 4 is 0 Å². The van der Waals surface area contributed by atoms with Crippen LogP contribution in [0.25, 0.3) is 0 Å². The Hall–Kier alpha value is -1.00. The minimum absolute atomic E-state index is 0.00667. The fourth-order valence-corrected chi connectivity index (χ4v) is 2.57. The van der Waals surface area contributed by atoms with Gasteiger partial charge < -0.3 is 5.32 Å². The van der Waals surface area contributed by atoms with Crippen molar-refractivity contribution in [3.05, 3.63) is 35.4 Å². The van der Waals surface area contributed by atoms with E-state index in [1.54, 1.807) is 0 Å². The molecule has 1 aliphatic heterocycles. The van der Waals surface area contributed by atoms with E-state index in [-0.39, 0.29) is 17.7 Å². The highest BCUT2D eigenvalue weighted by Gasteiger charge is 2.24. The lowest BCUT2D eigenvalue weighted by atomic mass is 9.99. The van der Waals surface area contributed by atoms with E-state index in [1.165, 1.54) is 18.2 Å². The number of hydrogen-bond acceptors (Lipinski definition) is 2. The van der Waals surface area contributed by atoms with Crippen molar-refractivity contribution in [1.82, 2.24) is 10.2 Å². The first kappa shape index (κ1) is 13.4. The molecule has 0 unspecified atom stereocenters. The highest BCUT2D eigenvalue weighted by molar-refractivity contribution is 5.22. The van der Waals surface area contributed by atoms with Crippen molar-refractivity contribution in [2.24, 2.45) is 0 Å². The Labute approximate surface area is 107 Å². The van der Waals surface area contributed by atoms with Gasteiger partial charge in [0.05, 0.1) is 0 Å². The quantitative estimate of drug-likeness (QED) is 0.888.